The highest BCUT2D eigenvalue weighted by Crippen LogP contribution is 2.41. The fraction of sp³-hybridized carbons (Fsp3) is 0.261. The summed E-state index contributed by atoms with van der Waals surface area (Å²) in [4.78, 5) is 23.9. The van der Waals surface area contributed by atoms with Crippen LogP contribution in [0.2, 0.25) is 0 Å². The number of hydrogen-bond acceptors (Lipinski definition) is 5. The predicted molar refractivity (Wildman–Crippen MR) is 117 cm³/mol. The van der Waals surface area contributed by atoms with E-state index < -0.39 is 4.92 Å². The summed E-state index contributed by atoms with van der Waals surface area (Å²) in [6.45, 7) is 4.33. The third-order valence-electron chi connectivity index (χ3n) is 5.89. The van der Waals surface area contributed by atoms with Crippen molar-refractivity contribution in [3.05, 3.63) is 91.5 Å². The van der Waals surface area contributed by atoms with Crippen LogP contribution in [0.15, 0.2) is 53.5 Å². The Labute approximate surface area is 177 Å². The normalized spacial score (nSPS) is 13.6. The lowest BCUT2D eigenvalue weighted by molar-refractivity contribution is -0.384. The lowest BCUT2D eigenvalue weighted by Crippen LogP contribution is -2.26. The van der Waals surface area contributed by atoms with Crippen LogP contribution < -0.4 is 5.56 Å². The number of aromatic nitrogens is 4. The fourth-order valence-corrected chi connectivity index (χ4v) is 3.81. The maximum absolute atomic E-state index is 13.4. The minimum Gasteiger partial charge on any atom is -0.265 e. The lowest BCUT2D eigenvalue weighted by atomic mass is 10.1. The van der Waals surface area contributed by atoms with E-state index in [0.717, 1.165) is 40.7 Å². The van der Waals surface area contributed by atoms with E-state index in [1.807, 2.05) is 32.0 Å². The molecule has 0 spiro atoms. The summed E-state index contributed by atoms with van der Waals surface area (Å²) in [5, 5.41) is 20.9. The molecule has 156 valence electrons. The van der Waals surface area contributed by atoms with E-state index in [2.05, 4.69) is 10.2 Å². The summed E-state index contributed by atoms with van der Waals surface area (Å²) in [6.07, 6.45) is 3.84. The monoisotopic (exact) mass is 415 g/mol. The lowest BCUT2D eigenvalue weighted by Gasteiger charge is -2.11. The van der Waals surface area contributed by atoms with Crippen molar-refractivity contribution >= 4 is 16.6 Å². The van der Waals surface area contributed by atoms with Crippen molar-refractivity contribution in [2.45, 2.75) is 39.2 Å². The molecule has 0 atom stereocenters. The van der Waals surface area contributed by atoms with Gasteiger partial charge in [-0.1, -0.05) is 18.2 Å². The minimum atomic E-state index is -0.437. The zero-order chi connectivity index (χ0) is 21.7. The molecule has 2 heterocycles. The van der Waals surface area contributed by atoms with Gasteiger partial charge in [-0.25, -0.2) is 9.36 Å². The molecule has 5 rings (SSSR count). The Balaban J connectivity index is 1.65. The molecule has 1 fully saturated rings. The third kappa shape index (κ3) is 3.39. The van der Waals surface area contributed by atoms with Gasteiger partial charge in [-0.05, 0) is 55.5 Å². The molecule has 0 saturated heterocycles. The summed E-state index contributed by atoms with van der Waals surface area (Å²) in [5.74, 6) is 0.337. The summed E-state index contributed by atoms with van der Waals surface area (Å²) in [7, 11) is 0. The molecular formula is C23H21N5O3. The zero-order valence-corrected chi connectivity index (χ0v) is 17.3. The second-order valence-electron chi connectivity index (χ2n) is 8.13. The second kappa shape index (κ2) is 7.16. The Morgan fingerprint density at radius 1 is 1.10 bits per heavy atom. The predicted octanol–water partition coefficient (Wildman–Crippen LogP) is 4.03. The molecule has 8 nitrogen and oxygen atoms in total. The van der Waals surface area contributed by atoms with Crippen molar-refractivity contribution in [3.8, 4) is 5.69 Å². The van der Waals surface area contributed by atoms with E-state index in [1.54, 1.807) is 23.0 Å². The topological polar surface area (TPSA) is 95.8 Å². The maximum atomic E-state index is 13.4. The van der Waals surface area contributed by atoms with Gasteiger partial charge in [0.05, 0.1) is 29.0 Å². The number of nitro benzene ring substituents is 1. The van der Waals surface area contributed by atoms with Gasteiger partial charge in [0.1, 0.15) is 5.52 Å². The van der Waals surface area contributed by atoms with Crippen molar-refractivity contribution in [2.24, 2.45) is 0 Å². The highest BCUT2D eigenvalue weighted by atomic mass is 16.6. The van der Waals surface area contributed by atoms with E-state index in [9.17, 15) is 14.9 Å². The summed E-state index contributed by atoms with van der Waals surface area (Å²) >= 11 is 0. The summed E-state index contributed by atoms with van der Waals surface area (Å²) in [6, 6.07) is 12.2. The molecule has 0 radical (unpaired) electrons. The summed E-state index contributed by atoms with van der Waals surface area (Å²) in [5.41, 5.74) is 5.12. The number of non-ortho nitro benzene ring substituents is 1. The molecule has 2 aromatic heterocycles. The molecule has 8 heteroatoms. The molecule has 0 aliphatic heterocycles. The van der Waals surface area contributed by atoms with Crippen molar-refractivity contribution in [1.29, 1.82) is 0 Å². The first-order chi connectivity index (χ1) is 14.9. The third-order valence-corrected chi connectivity index (χ3v) is 5.89. The van der Waals surface area contributed by atoms with E-state index in [1.165, 1.54) is 22.4 Å². The maximum Gasteiger partial charge on any atom is 0.293 e. The molecule has 1 saturated carbocycles. The van der Waals surface area contributed by atoms with Crippen LogP contribution >= 0.6 is 0 Å². The number of hydrogen-bond donors (Lipinski definition) is 0. The van der Waals surface area contributed by atoms with Gasteiger partial charge >= 0.3 is 0 Å². The van der Waals surface area contributed by atoms with Crippen molar-refractivity contribution in [1.82, 2.24) is 19.6 Å². The first-order valence-electron chi connectivity index (χ1n) is 10.2. The molecule has 1 aliphatic carbocycles. The number of benzene rings is 2. The van der Waals surface area contributed by atoms with Crippen LogP contribution in [0.3, 0.4) is 0 Å². The van der Waals surface area contributed by atoms with Crippen molar-refractivity contribution in [2.75, 3.05) is 0 Å². The summed E-state index contributed by atoms with van der Waals surface area (Å²) < 4.78 is 3.15. The van der Waals surface area contributed by atoms with Crippen LogP contribution in [-0.4, -0.2) is 24.5 Å². The van der Waals surface area contributed by atoms with Gasteiger partial charge in [0.15, 0.2) is 0 Å². The van der Waals surface area contributed by atoms with Crippen LogP contribution in [-0.2, 0) is 6.54 Å². The minimum absolute atomic E-state index is 0.0194. The van der Waals surface area contributed by atoms with E-state index >= 15 is 0 Å². The number of rotatable bonds is 5. The molecular weight excluding hydrogens is 394 g/mol. The van der Waals surface area contributed by atoms with Crippen molar-refractivity contribution in [3.63, 3.8) is 0 Å². The van der Waals surface area contributed by atoms with Crippen LogP contribution in [0.25, 0.3) is 16.6 Å². The molecule has 2 aromatic carbocycles. The number of nitro groups is 1. The van der Waals surface area contributed by atoms with Gasteiger partial charge in [-0.3, -0.25) is 14.9 Å². The molecule has 0 bridgehead atoms. The van der Waals surface area contributed by atoms with Crippen LogP contribution in [0, 0.1) is 24.0 Å². The first kappa shape index (κ1) is 19.2. The van der Waals surface area contributed by atoms with Crippen LogP contribution in [0.1, 0.15) is 41.1 Å². The van der Waals surface area contributed by atoms with Gasteiger partial charge in [-0.15, -0.1) is 0 Å². The standard InChI is InChI=1S/C23H21N5O3/c1-14-3-8-19(11-15(14)2)27-22-20(12-24-27)21(17-6-7-17)25-26(23(22)29)13-16-4-9-18(10-5-16)28(30)31/h3-5,8-12,17H,6-7,13H2,1-2H3. The number of nitrogens with zero attached hydrogens (tertiary/aromatic N) is 5. The fourth-order valence-electron chi connectivity index (χ4n) is 3.81. The average molecular weight is 415 g/mol. The van der Waals surface area contributed by atoms with Crippen molar-refractivity contribution < 1.29 is 4.92 Å². The SMILES string of the molecule is Cc1ccc(-n2ncc3c(C4CC4)nn(Cc4ccc([N+](=O)[O-])cc4)c(=O)c32)cc1C. The van der Waals surface area contributed by atoms with E-state index in [-0.39, 0.29) is 17.8 Å². The Kier molecular flexibility index (Phi) is 4.43. The Bertz CT molecular complexity index is 1380. The van der Waals surface area contributed by atoms with E-state index in [4.69, 9.17) is 0 Å². The molecule has 1 aliphatic rings. The van der Waals surface area contributed by atoms with Gasteiger partial charge in [0.2, 0.25) is 0 Å². The highest BCUT2D eigenvalue weighted by molar-refractivity contribution is 5.82. The Hall–Kier alpha value is -3.81. The quantitative estimate of drug-likeness (QED) is 0.362. The largest absolute Gasteiger partial charge is 0.293 e. The number of fused-ring (bicyclic) bond motifs is 1. The van der Waals surface area contributed by atoms with Gasteiger partial charge in [-0.2, -0.15) is 10.2 Å². The molecule has 31 heavy (non-hydrogen) atoms. The first-order valence-corrected chi connectivity index (χ1v) is 10.2. The van der Waals surface area contributed by atoms with Crippen LogP contribution in [0.5, 0.6) is 0 Å². The number of aryl methyl sites for hydroxylation is 2. The van der Waals surface area contributed by atoms with Gasteiger partial charge < -0.3 is 0 Å². The van der Waals surface area contributed by atoms with Gasteiger partial charge in [0, 0.05) is 23.4 Å². The smallest absolute Gasteiger partial charge is 0.265 e. The van der Waals surface area contributed by atoms with E-state index in [0.29, 0.717) is 11.4 Å². The second-order valence-corrected chi connectivity index (χ2v) is 8.13. The molecule has 0 unspecified atom stereocenters. The zero-order valence-electron chi connectivity index (χ0n) is 17.3. The van der Waals surface area contributed by atoms with Crippen LogP contribution in [0.4, 0.5) is 5.69 Å². The Morgan fingerprint density at radius 2 is 1.84 bits per heavy atom. The molecule has 4 aromatic rings. The Morgan fingerprint density at radius 3 is 2.48 bits per heavy atom. The molecule has 0 amide bonds. The average Bonchev–Trinajstić information content (AvgIpc) is 3.50. The highest BCUT2D eigenvalue weighted by Gasteiger charge is 2.30. The molecule has 0 N–H and O–H groups in total. The van der Waals surface area contributed by atoms with Gasteiger partial charge in [0.25, 0.3) is 11.2 Å².